The number of hydrogen-bond acceptors (Lipinski definition) is 4. The van der Waals surface area contributed by atoms with Crippen molar-refractivity contribution in [2.45, 2.75) is 30.7 Å². The lowest BCUT2D eigenvalue weighted by Gasteiger charge is -2.61. The van der Waals surface area contributed by atoms with Crippen LogP contribution in [0, 0.1) is 5.92 Å². The molecular weight excluding hydrogens is 242 g/mol. The molecule has 2 N–H and O–H groups in total. The molecular formula is C14H15N3S. The van der Waals surface area contributed by atoms with Gasteiger partial charge in [-0.25, -0.2) is 4.98 Å². The van der Waals surface area contributed by atoms with Crippen molar-refractivity contribution < 1.29 is 0 Å². The lowest BCUT2D eigenvalue weighted by atomic mass is 9.45. The van der Waals surface area contributed by atoms with Gasteiger partial charge in [0.2, 0.25) is 0 Å². The minimum absolute atomic E-state index is 0.296. The zero-order valence-electron chi connectivity index (χ0n) is 10.0. The summed E-state index contributed by atoms with van der Waals surface area (Å²) in [5.41, 5.74) is 7.46. The summed E-state index contributed by atoms with van der Waals surface area (Å²) in [6.07, 6.45) is 3.61. The third-order valence-corrected chi connectivity index (χ3v) is 5.55. The predicted octanol–water partition coefficient (Wildman–Crippen LogP) is 2.58. The molecule has 0 amide bonds. The van der Waals surface area contributed by atoms with E-state index in [1.165, 1.54) is 17.8 Å². The molecule has 1 aromatic heterocycles. The monoisotopic (exact) mass is 257 g/mol. The van der Waals surface area contributed by atoms with Crippen LogP contribution in [0.2, 0.25) is 0 Å². The highest BCUT2D eigenvalue weighted by atomic mass is 32.1. The van der Waals surface area contributed by atoms with Gasteiger partial charge in [0.1, 0.15) is 5.01 Å². The highest BCUT2D eigenvalue weighted by Gasteiger charge is 2.61. The van der Waals surface area contributed by atoms with Gasteiger partial charge in [0.25, 0.3) is 0 Å². The standard InChI is InChI=1S/C14H15N3S/c15-11-8-14(7-6-10(11)14)13-16-12(17-18-13)9-4-2-1-3-5-9/h1-5,10-11H,6-8,15H2. The fraction of sp³-hybridized carbons (Fsp3) is 0.429. The summed E-state index contributed by atoms with van der Waals surface area (Å²) < 4.78 is 4.52. The van der Waals surface area contributed by atoms with Crippen molar-refractivity contribution >= 4 is 11.5 Å². The lowest BCUT2D eigenvalue weighted by molar-refractivity contribution is -0.0193. The van der Waals surface area contributed by atoms with E-state index in [2.05, 4.69) is 16.5 Å². The Labute approximate surface area is 110 Å². The van der Waals surface area contributed by atoms with Gasteiger partial charge < -0.3 is 5.73 Å². The van der Waals surface area contributed by atoms with E-state index < -0.39 is 0 Å². The van der Waals surface area contributed by atoms with Crippen molar-refractivity contribution in [2.24, 2.45) is 11.7 Å². The van der Waals surface area contributed by atoms with E-state index in [0.29, 0.717) is 17.4 Å². The topological polar surface area (TPSA) is 51.8 Å². The molecule has 1 heterocycles. The second-order valence-corrected chi connectivity index (χ2v) is 6.21. The Morgan fingerprint density at radius 2 is 2.11 bits per heavy atom. The van der Waals surface area contributed by atoms with Gasteiger partial charge in [-0.2, -0.15) is 4.37 Å². The molecule has 0 aliphatic heterocycles. The molecule has 2 fully saturated rings. The molecule has 3 unspecified atom stereocenters. The maximum absolute atomic E-state index is 6.06. The maximum atomic E-state index is 6.06. The minimum Gasteiger partial charge on any atom is -0.327 e. The second kappa shape index (κ2) is 3.62. The molecule has 0 saturated heterocycles. The molecule has 92 valence electrons. The molecule has 3 atom stereocenters. The van der Waals surface area contributed by atoms with Gasteiger partial charge in [-0.3, -0.25) is 0 Å². The van der Waals surface area contributed by atoms with Crippen molar-refractivity contribution in [3.05, 3.63) is 35.3 Å². The van der Waals surface area contributed by atoms with Crippen LogP contribution in [0.15, 0.2) is 30.3 Å². The van der Waals surface area contributed by atoms with Gasteiger partial charge in [0.15, 0.2) is 5.82 Å². The Morgan fingerprint density at radius 1 is 1.28 bits per heavy atom. The summed E-state index contributed by atoms with van der Waals surface area (Å²) >= 11 is 1.57. The van der Waals surface area contributed by atoms with Crippen molar-refractivity contribution in [3.8, 4) is 11.4 Å². The lowest BCUT2D eigenvalue weighted by Crippen LogP contribution is -2.64. The van der Waals surface area contributed by atoms with Gasteiger partial charge in [-0.15, -0.1) is 0 Å². The van der Waals surface area contributed by atoms with Gasteiger partial charge >= 0.3 is 0 Å². The number of benzene rings is 1. The van der Waals surface area contributed by atoms with Crippen LogP contribution in [-0.4, -0.2) is 15.4 Å². The molecule has 0 spiro atoms. The molecule has 0 radical (unpaired) electrons. The normalized spacial score (nSPS) is 33.4. The Morgan fingerprint density at radius 3 is 2.72 bits per heavy atom. The SMILES string of the molecule is NC1CC2(c3nc(-c4ccccc4)ns3)CCC12. The van der Waals surface area contributed by atoms with Crippen LogP contribution in [0.3, 0.4) is 0 Å². The zero-order valence-corrected chi connectivity index (χ0v) is 10.9. The van der Waals surface area contributed by atoms with Crippen molar-refractivity contribution in [2.75, 3.05) is 0 Å². The van der Waals surface area contributed by atoms with E-state index in [1.807, 2.05) is 18.2 Å². The predicted molar refractivity (Wildman–Crippen MR) is 72.3 cm³/mol. The van der Waals surface area contributed by atoms with Crippen LogP contribution in [0.1, 0.15) is 24.3 Å². The van der Waals surface area contributed by atoms with Crippen LogP contribution >= 0.6 is 11.5 Å². The van der Waals surface area contributed by atoms with Crippen LogP contribution in [0.5, 0.6) is 0 Å². The number of aromatic nitrogens is 2. The van der Waals surface area contributed by atoms with Crippen LogP contribution in [-0.2, 0) is 5.41 Å². The number of fused-ring (bicyclic) bond motifs is 1. The zero-order chi connectivity index (χ0) is 12.2. The fourth-order valence-electron chi connectivity index (χ4n) is 3.42. The molecule has 1 aromatic carbocycles. The van der Waals surface area contributed by atoms with Crippen LogP contribution in [0.4, 0.5) is 0 Å². The van der Waals surface area contributed by atoms with E-state index in [1.54, 1.807) is 11.5 Å². The average molecular weight is 257 g/mol. The third-order valence-electron chi connectivity index (χ3n) is 4.61. The third kappa shape index (κ3) is 1.27. The number of hydrogen-bond donors (Lipinski definition) is 1. The van der Waals surface area contributed by atoms with Gasteiger partial charge in [-0.1, -0.05) is 30.3 Å². The minimum atomic E-state index is 0.296. The molecule has 4 rings (SSSR count). The van der Waals surface area contributed by atoms with E-state index in [4.69, 9.17) is 10.7 Å². The summed E-state index contributed by atoms with van der Waals surface area (Å²) in [6.45, 7) is 0. The molecule has 2 saturated carbocycles. The average Bonchev–Trinajstić information content (AvgIpc) is 2.85. The van der Waals surface area contributed by atoms with Crippen molar-refractivity contribution in [1.29, 1.82) is 0 Å². The first-order chi connectivity index (χ1) is 8.79. The highest BCUT2D eigenvalue weighted by molar-refractivity contribution is 7.05. The molecule has 4 heteroatoms. The van der Waals surface area contributed by atoms with Crippen LogP contribution < -0.4 is 5.73 Å². The quantitative estimate of drug-likeness (QED) is 0.899. The number of nitrogens with zero attached hydrogens (tertiary/aromatic N) is 2. The Balaban J connectivity index is 1.68. The van der Waals surface area contributed by atoms with Gasteiger partial charge in [0, 0.05) is 17.0 Å². The first-order valence-electron chi connectivity index (χ1n) is 6.45. The van der Waals surface area contributed by atoms with Gasteiger partial charge in [-0.05, 0) is 36.7 Å². The summed E-state index contributed by atoms with van der Waals surface area (Å²) in [5, 5.41) is 1.21. The molecule has 0 bridgehead atoms. The second-order valence-electron chi connectivity index (χ2n) is 5.46. The summed E-state index contributed by atoms with van der Waals surface area (Å²) in [4.78, 5) is 4.76. The molecule has 3 nitrogen and oxygen atoms in total. The first kappa shape index (κ1) is 10.6. The van der Waals surface area contributed by atoms with E-state index in [9.17, 15) is 0 Å². The van der Waals surface area contributed by atoms with Crippen molar-refractivity contribution in [3.63, 3.8) is 0 Å². The summed E-state index contributed by atoms with van der Waals surface area (Å²) in [6, 6.07) is 10.6. The molecule has 18 heavy (non-hydrogen) atoms. The highest BCUT2D eigenvalue weighted by Crippen LogP contribution is 2.61. The largest absolute Gasteiger partial charge is 0.327 e. The number of rotatable bonds is 2. The van der Waals surface area contributed by atoms with Gasteiger partial charge in [0.05, 0.1) is 0 Å². The Hall–Kier alpha value is -1.26. The van der Waals surface area contributed by atoms with Crippen LogP contribution in [0.25, 0.3) is 11.4 Å². The summed E-state index contributed by atoms with van der Waals surface area (Å²) in [7, 11) is 0. The summed E-state index contributed by atoms with van der Waals surface area (Å²) in [5.74, 6) is 1.53. The van der Waals surface area contributed by atoms with E-state index >= 15 is 0 Å². The van der Waals surface area contributed by atoms with Crippen molar-refractivity contribution in [1.82, 2.24) is 9.36 Å². The molecule has 2 aliphatic rings. The molecule has 2 aliphatic carbocycles. The molecule has 2 aromatic rings. The maximum Gasteiger partial charge on any atom is 0.173 e. The smallest absolute Gasteiger partial charge is 0.173 e. The fourth-order valence-corrected chi connectivity index (χ4v) is 4.39. The number of nitrogens with two attached hydrogens (primary N) is 1. The Kier molecular flexibility index (Phi) is 2.14. The van der Waals surface area contributed by atoms with E-state index in [0.717, 1.165) is 17.8 Å². The first-order valence-corrected chi connectivity index (χ1v) is 7.22. The Bertz CT molecular complexity index is 580. The van der Waals surface area contributed by atoms with E-state index in [-0.39, 0.29) is 0 Å².